The fourth-order valence-electron chi connectivity index (χ4n) is 3.12. The lowest BCUT2D eigenvalue weighted by Crippen LogP contribution is -2.36. The molecule has 1 atom stereocenters. The topological polar surface area (TPSA) is 44.4 Å². The van der Waals surface area contributed by atoms with E-state index in [2.05, 4.69) is 41.6 Å². The highest BCUT2D eigenvalue weighted by Crippen LogP contribution is 2.24. The van der Waals surface area contributed by atoms with Crippen LogP contribution in [0.4, 0.5) is 5.69 Å². The summed E-state index contributed by atoms with van der Waals surface area (Å²) in [5.74, 6) is 1.36. The highest BCUT2D eigenvalue weighted by molar-refractivity contribution is 5.85. The molecule has 1 aliphatic heterocycles. The standard InChI is InChI=1S/C18H29N3O.2ClH/c1-15(16-8-10-19-11-9-16)14-18(22)20-12-13-21(2)17-6-4-3-5-7-17;;/h3-7,15-16,19H,8-14H2,1-2H3,(H,20,22);2*1H. The molecule has 0 spiro atoms. The van der Waals surface area contributed by atoms with Crippen molar-refractivity contribution in [2.75, 3.05) is 38.1 Å². The Morgan fingerprint density at radius 2 is 1.88 bits per heavy atom. The molecule has 1 amide bonds. The number of amides is 1. The van der Waals surface area contributed by atoms with E-state index in [1.165, 1.54) is 18.5 Å². The summed E-state index contributed by atoms with van der Waals surface area (Å²) in [5.41, 5.74) is 1.18. The second kappa shape index (κ2) is 12.4. The summed E-state index contributed by atoms with van der Waals surface area (Å²) in [6, 6.07) is 10.2. The number of nitrogens with one attached hydrogen (secondary N) is 2. The van der Waals surface area contributed by atoms with Crippen molar-refractivity contribution in [2.45, 2.75) is 26.2 Å². The molecule has 2 N–H and O–H groups in total. The first-order valence-corrected chi connectivity index (χ1v) is 8.40. The fraction of sp³-hybridized carbons (Fsp3) is 0.611. The average molecular weight is 376 g/mol. The Morgan fingerprint density at radius 3 is 2.50 bits per heavy atom. The minimum absolute atomic E-state index is 0. The minimum atomic E-state index is 0. The highest BCUT2D eigenvalue weighted by Gasteiger charge is 2.21. The number of para-hydroxylation sites is 1. The highest BCUT2D eigenvalue weighted by atomic mass is 35.5. The molecule has 1 aromatic rings. The fourth-order valence-corrected chi connectivity index (χ4v) is 3.12. The van der Waals surface area contributed by atoms with Gasteiger partial charge in [0.05, 0.1) is 0 Å². The van der Waals surface area contributed by atoms with Crippen LogP contribution in [0.15, 0.2) is 30.3 Å². The molecule has 1 unspecified atom stereocenters. The summed E-state index contributed by atoms with van der Waals surface area (Å²) in [7, 11) is 2.05. The van der Waals surface area contributed by atoms with Crippen molar-refractivity contribution < 1.29 is 4.79 Å². The van der Waals surface area contributed by atoms with Crippen molar-refractivity contribution >= 4 is 36.4 Å². The van der Waals surface area contributed by atoms with Crippen LogP contribution in [0.3, 0.4) is 0 Å². The molecular weight excluding hydrogens is 345 g/mol. The summed E-state index contributed by atoms with van der Waals surface area (Å²) in [4.78, 5) is 14.2. The van der Waals surface area contributed by atoms with Gasteiger partial charge in [-0.1, -0.05) is 25.1 Å². The largest absolute Gasteiger partial charge is 0.373 e. The maximum Gasteiger partial charge on any atom is 0.220 e. The Kier molecular flexibility index (Phi) is 11.9. The Bertz CT molecular complexity index is 453. The third kappa shape index (κ3) is 7.73. The molecule has 1 aromatic carbocycles. The van der Waals surface area contributed by atoms with Crippen molar-refractivity contribution in [1.82, 2.24) is 10.6 Å². The molecule has 1 heterocycles. The van der Waals surface area contributed by atoms with Crippen LogP contribution in [0.2, 0.25) is 0 Å². The molecule has 0 aliphatic carbocycles. The van der Waals surface area contributed by atoms with Gasteiger partial charge in [-0.25, -0.2) is 0 Å². The number of piperidine rings is 1. The first-order chi connectivity index (χ1) is 10.7. The number of likely N-dealkylation sites (N-methyl/N-ethyl adjacent to an activating group) is 1. The van der Waals surface area contributed by atoms with Crippen molar-refractivity contribution in [3.8, 4) is 0 Å². The Balaban J connectivity index is 0.00000264. The zero-order chi connectivity index (χ0) is 15.8. The second-order valence-corrected chi connectivity index (χ2v) is 6.38. The van der Waals surface area contributed by atoms with Gasteiger partial charge in [0.2, 0.25) is 5.91 Å². The van der Waals surface area contributed by atoms with E-state index < -0.39 is 0 Å². The Morgan fingerprint density at radius 1 is 1.25 bits per heavy atom. The molecule has 6 heteroatoms. The summed E-state index contributed by atoms with van der Waals surface area (Å²) < 4.78 is 0. The number of anilines is 1. The van der Waals surface area contributed by atoms with Crippen molar-refractivity contribution in [2.24, 2.45) is 11.8 Å². The van der Waals surface area contributed by atoms with E-state index in [1.807, 2.05) is 18.2 Å². The molecule has 138 valence electrons. The monoisotopic (exact) mass is 375 g/mol. The van der Waals surface area contributed by atoms with Gasteiger partial charge in [0, 0.05) is 32.2 Å². The lowest BCUT2D eigenvalue weighted by Gasteiger charge is -2.28. The predicted molar refractivity (Wildman–Crippen MR) is 107 cm³/mol. The molecule has 0 aromatic heterocycles. The summed E-state index contributed by atoms with van der Waals surface area (Å²) >= 11 is 0. The molecule has 4 nitrogen and oxygen atoms in total. The molecule has 0 bridgehead atoms. The van der Waals surface area contributed by atoms with Gasteiger partial charge in [0.15, 0.2) is 0 Å². The number of hydrogen-bond donors (Lipinski definition) is 2. The summed E-state index contributed by atoms with van der Waals surface area (Å²) in [6.07, 6.45) is 3.05. The van der Waals surface area contributed by atoms with Crippen LogP contribution in [0, 0.1) is 11.8 Å². The lowest BCUT2D eigenvalue weighted by molar-refractivity contribution is -0.122. The van der Waals surface area contributed by atoms with Crippen LogP contribution >= 0.6 is 24.8 Å². The minimum Gasteiger partial charge on any atom is -0.373 e. The molecule has 24 heavy (non-hydrogen) atoms. The van der Waals surface area contributed by atoms with Crippen LogP contribution in [0.1, 0.15) is 26.2 Å². The number of benzene rings is 1. The Hall–Kier alpha value is -0.970. The van der Waals surface area contributed by atoms with Gasteiger partial charge in [-0.15, -0.1) is 24.8 Å². The summed E-state index contributed by atoms with van der Waals surface area (Å²) in [5, 5.41) is 6.44. The molecule has 1 aliphatic rings. The zero-order valence-corrected chi connectivity index (χ0v) is 16.3. The molecule has 1 fully saturated rings. The molecular formula is C18H31Cl2N3O. The first-order valence-electron chi connectivity index (χ1n) is 8.40. The van der Waals surface area contributed by atoms with Gasteiger partial charge in [-0.05, 0) is 49.9 Å². The summed E-state index contributed by atoms with van der Waals surface area (Å²) in [6.45, 7) is 5.93. The molecule has 0 saturated carbocycles. The third-order valence-electron chi connectivity index (χ3n) is 4.66. The van der Waals surface area contributed by atoms with Gasteiger partial charge in [-0.3, -0.25) is 4.79 Å². The normalized spacial score (nSPS) is 15.6. The van der Waals surface area contributed by atoms with Gasteiger partial charge in [0.25, 0.3) is 0 Å². The third-order valence-corrected chi connectivity index (χ3v) is 4.66. The Labute approximate surface area is 158 Å². The smallest absolute Gasteiger partial charge is 0.220 e. The zero-order valence-electron chi connectivity index (χ0n) is 14.7. The van der Waals surface area contributed by atoms with E-state index in [0.717, 1.165) is 19.6 Å². The number of rotatable bonds is 7. The van der Waals surface area contributed by atoms with Gasteiger partial charge < -0.3 is 15.5 Å². The van der Waals surface area contributed by atoms with E-state index in [9.17, 15) is 4.79 Å². The number of carbonyl (C=O) groups excluding carboxylic acids is 1. The van der Waals surface area contributed by atoms with E-state index >= 15 is 0 Å². The number of hydrogen-bond acceptors (Lipinski definition) is 3. The van der Waals surface area contributed by atoms with Crippen LogP contribution < -0.4 is 15.5 Å². The first kappa shape index (κ1) is 23.0. The van der Waals surface area contributed by atoms with Crippen molar-refractivity contribution in [3.05, 3.63) is 30.3 Å². The van der Waals surface area contributed by atoms with Gasteiger partial charge in [0.1, 0.15) is 0 Å². The lowest BCUT2D eigenvalue weighted by atomic mass is 9.84. The maximum absolute atomic E-state index is 12.1. The maximum atomic E-state index is 12.1. The number of nitrogens with zero attached hydrogens (tertiary/aromatic N) is 1. The second-order valence-electron chi connectivity index (χ2n) is 6.38. The SMILES string of the molecule is CC(CC(=O)NCCN(C)c1ccccc1)C1CCNCC1.Cl.Cl. The molecule has 1 saturated heterocycles. The van der Waals surface area contributed by atoms with E-state index in [4.69, 9.17) is 0 Å². The van der Waals surface area contributed by atoms with Crippen LogP contribution in [-0.4, -0.2) is 39.1 Å². The number of carbonyl (C=O) groups is 1. The van der Waals surface area contributed by atoms with Crippen molar-refractivity contribution in [1.29, 1.82) is 0 Å². The molecule has 0 radical (unpaired) electrons. The van der Waals surface area contributed by atoms with Gasteiger partial charge >= 0.3 is 0 Å². The van der Waals surface area contributed by atoms with Crippen LogP contribution in [-0.2, 0) is 4.79 Å². The average Bonchev–Trinajstić information content (AvgIpc) is 2.56. The van der Waals surface area contributed by atoms with E-state index in [0.29, 0.717) is 24.8 Å². The predicted octanol–water partition coefficient (Wildman–Crippen LogP) is 3.11. The van der Waals surface area contributed by atoms with Crippen LogP contribution in [0.5, 0.6) is 0 Å². The van der Waals surface area contributed by atoms with Crippen LogP contribution in [0.25, 0.3) is 0 Å². The molecule has 2 rings (SSSR count). The van der Waals surface area contributed by atoms with E-state index in [-0.39, 0.29) is 30.7 Å². The van der Waals surface area contributed by atoms with Crippen molar-refractivity contribution in [3.63, 3.8) is 0 Å². The van der Waals surface area contributed by atoms with Gasteiger partial charge in [-0.2, -0.15) is 0 Å². The number of halogens is 2. The quantitative estimate of drug-likeness (QED) is 0.769. The van der Waals surface area contributed by atoms with E-state index in [1.54, 1.807) is 0 Å².